The molecule has 0 radical (unpaired) electrons. The van der Waals surface area contributed by atoms with Crippen LogP contribution >= 0.6 is 0 Å². The maximum atomic E-state index is 10.3. The molecule has 1 N–H and O–H groups in total. The first-order valence-corrected chi connectivity index (χ1v) is 5.57. The van der Waals surface area contributed by atoms with Gasteiger partial charge in [-0.2, -0.15) is 0 Å². The molecule has 16 heavy (non-hydrogen) atoms. The van der Waals surface area contributed by atoms with Crippen LogP contribution in [0.3, 0.4) is 0 Å². The standard InChI is InChI=1S/C12H17NO3/c1-15-12-10(5-2-6-13-12)11(14)9-4-3-7-16-8-9/h2,5-6,9,11,14H,3-4,7-8H2,1H3. The Morgan fingerprint density at radius 1 is 1.62 bits per heavy atom. The average molecular weight is 223 g/mol. The number of hydrogen-bond acceptors (Lipinski definition) is 4. The van der Waals surface area contributed by atoms with Gasteiger partial charge in [-0.25, -0.2) is 4.98 Å². The SMILES string of the molecule is COc1ncccc1C(O)C1CCCOC1. The van der Waals surface area contributed by atoms with E-state index < -0.39 is 6.10 Å². The second kappa shape index (κ2) is 5.27. The highest BCUT2D eigenvalue weighted by molar-refractivity contribution is 5.28. The van der Waals surface area contributed by atoms with E-state index in [1.807, 2.05) is 12.1 Å². The van der Waals surface area contributed by atoms with Crippen LogP contribution in [0.5, 0.6) is 5.88 Å². The molecule has 1 fully saturated rings. The van der Waals surface area contributed by atoms with Crippen molar-refractivity contribution in [3.8, 4) is 5.88 Å². The van der Waals surface area contributed by atoms with Crippen LogP contribution in [0.4, 0.5) is 0 Å². The molecule has 1 aliphatic rings. The number of nitrogens with zero attached hydrogens (tertiary/aromatic N) is 1. The van der Waals surface area contributed by atoms with Gasteiger partial charge in [0.25, 0.3) is 0 Å². The second-order valence-corrected chi connectivity index (χ2v) is 4.02. The molecule has 0 aliphatic carbocycles. The van der Waals surface area contributed by atoms with Crippen molar-refractivity contribution < 1.29 is 14.6 Å². The fraction of sp³-hybridized carbons (Fsp3) is 0.583. The molecule has 2 atom stereocenters. The molecule has 1 aliphatic heterocycles. The highest BCUT2D eigenvalue weighted by atomic mass is 16.5. The van der Waals surface area contributed by atoms with Crippen molar-refractivity contribution in [2.45, 2.75) is 18.9 Å². The minimum absolute atomic E-state index is 0.145. The van der Waals surface area contributed by atoms with E-state index in [1.54, 1.807) is 13.3 Å². The van der Waals surface area contributed by atoms with Gasteiger partial charge in [-0.05, 0) is 25.0 Å². The van der Waals surface area contributed by atoms with Gasteiger partial charge in [0.15, 0.2) is 0 Å². The third-order valence-electron chi connectivity index (χ3n) is 2.95. The first-order valence-electron chi connectivity index (χ1n) is 5.57. The van der Waals surface area contributed by atoms with Crippen molar-refractivity contribution in [1.82, 2.24) is 4.98 Å². The van der Waals surface area contributed by atoms with E-state index in [-0.39, 0.29) is 5.92 Å². The quantitative estimate of drug-likeness (QED) is 0.844. The third kappa shape index (κ3) is 2.33. The summed E-state index contributed by atoms with van der Waals surface area (Å²) in [6.07, 6.45) is 3.10. The summed E-state index contributed by atoms with van der Waals surface area (Å²) in [6, 6.07) is 3.66. The molecule has 0 spiro atoms. The number of hydrogen-bond donors (Lipinski definition) is 1. The van der Waals surface area contributed by atoms with Crippen LogP contribution in [0.2, 0.25) is 0 Å². The van der Waals surface area contributed by atoms with Gasteiger partial charge >= 0.3 is 0 Å². The first kappa shape index (κ1) is 11.4. The number of rotatable bonds is 3. The molecule has 0 amide bonds. The predicted molar refractivity (Wildman–Crippen MR) is 59.3 cm³/mol. The minimum Gasteiger partial charge on any atom is -0.481 e. The van der Waals surface area contributed by atoms with E-state index in [1.165, 1.54) is 0 Å². The largest absolute Gasteiger partial charge is 0.481 e. The molecule has 1 saturated heterocycles. The predicted octanol–water partition coefficient (Wildman–Crippen LogP) is 1.55. The zero-order valence-corrected chi connectivity index (χ0v) is 9.43. The smallest absolute Gasteiger partial charge is 0.218 e. The Hall–Kier alpha value is -1.13. The molecule has 1 aromatic heterocycles. The third-order valence-corrected chi connectivity index (χ3v) is 2.95. The van der Waals surface area contributed by atoms with Crippen LogP contribution in [0, 0.1) is 5.92 Å². The van der Waals surface area contributed by atoms with Crippen molar-refractivity contribution in [1.29, 1.82) is 0 Å². The summed E-state index contributed by atoms with van der Waals surface area (Å²) in [5.41, 5.74) is 0.750. The van der Waals surface area contributed by atoms with Crippen LogP contribution in [0.1, 0.15) is 24.5 Å². The number of aliphatic hydroxyl groups excluding tert-OH is 1. The topological polar surface area (TPSA) is 51.6 Å². The van der Waals surface area contributed by atoms with Crippen molar-refractivity contribution in [3.63, 3.8) is 0 Å². The number of methoxy groups -OCH3 is 1. The fourth-order valence-corrected chi connectivity index (χ4v) is 2.07. The molecule has 2 heterocycles. The van der Waals surface area contributed by atoms with Gasteiger partial charge in [0.05, 0.1) is 19.8 Å². The number of aromatic nitrogens is 1. The van der Waals surface area contributed by atoms with Crippen molar-refractivity contribution in [2.75, 3.05) is 20.3 Å². The van der Waals surface area contributed by atoms with Gasteiger partial charge in [0, 0.05) is 24.3 Å². The molecule has 2 rings (SSSR count). The van der Waals surface area contributed by atoms with Gasteiger partial charge < -0.3 is 14.6 Å². The lowest BCUT2D eigenvalue weighted by molar-refractivity contribution is -0.0109. The highest BCUT2D eigenvalue weighted by Crippen LogP contribution is 2.32. The van der Waals surface area contributed by atoms with E-state index in [2.05, 4.69) is 4.98 Å². The molecule has 0 saturated carbocycles. The number of ether oxygens (including phenoxy) is 2. The lowest BCUT2D eigenvalue weighted by Crippen LogP contribution is -2.24. The molecular formula is C12H17NO3. The number of pyridine rings is 1. The van der Waals surface area contributed by atoms with E-state index in [4.69, 9.17) is 9.47 Å². The van der Waals surface area contributed by atoms with Crippen molar-refractivity contribution in [3.05, 3.63) is 23.9 Å². The summed E-state index contributed by atoms with van der Waals surface area (Å²) in [5.74, 6) is 0.646. The van der Waals surface area contributed by atoms with Gasteiger partial charge in [0.2, 0.25) is 5.88 Å². The normalized spacial score (nSPS) is 22.8. The molecule has 1 aromatic rings. The Labute approximate surface area is 95.2 Å². The minimum atomic E-state index is -0.552. The first-order chi connectivity index (χ1) is 7.83. The molecular weight excluding hydrogens is 206 g/mol. The average Bonchev–Trinajstić information content (AvgIpc) is 2.39. The van der Waals surface area contributed by atoms with Crippen molar-refractivity contribution in [2.24, 2.45) is 5.92 Å². The number of aliphatic hydroxyl groups is 1. The Morgan fingerprint density at radius 2 is 2.50 bits per heavy atom. The zero-order valence-electron chi connectivity index (χ0n) is 9.43. The molecule has 2 unspecified atom stereocenters. The summed E-state index contributed by atoms with van der Waals surface area (Å²) >= 11 is 0. The lowest BCUT2D eigenvalue weighted by Gasteiger charge is -2.27. The van der Waals surface area contributed by atoms with Crippen molar-refractivity contribution >= 4 is 0 Å². The maximum absolute atomic E-state index is 10.3. The van der Waals surface area contributed by atoms with E-state index in [9.17, 15) is 5.11 Å². The summed E-state index contributed by atoms with van der Waals surface area (Å²) in [5, 5.41) is 10.3. The van der Waals surface area contributed by atoms with Gasteiger partial charge in [-0.3, -0.25) is 0 Å². The van der Waals surface area contributed by atoms with Crippen LogP contribution in [-0.2, 0) is 4.74 Å². The second-order valence-electron chi connectivity index (χ2n) is 4.02. The lowest BCUT2D eigenvalue weighted by atomic mass is 9.91. The van der Waals surface area contributed by atoms with E-state index in [0.717, 1.165) is 25.0 Å². The van der Waals surface area contributed by atoms with Crippen LogP contribution < -0.4 is 4.74 Å². The van der Waals surface area contributed by atoms with Crippen LogP contribution in [-0.4, -0.2) is 30.4 Å². The summed E-state index contributed by atoms with van der Waals surface area (Å²) in [6.45, 7) is 1.41. The fourth-order valence-electron chi connectivity index (χ4n) is 2.07. The summed E-state index contributed by atoms with van der Waals surface area (Å²) in [7, 11) is 1.57. The molecule has 0 aromatic carbocycles. The van der Waals surface area contributed by atoms with Gasteiger partial charge in [-0.1, -0.05) is 0 Å². The molecule has 0 bridgehead atoms. The summed E-state index contributed by atoms with van der Waals surface area (Å²) < 4.78 is 10.5. The highest BCUT2D eigenvalue weighted by Gasteiger charge is 2.26. The Balaban J connectivity index is 2.15. The zero-order chi connectivity index (χ0) is 11.4. The van der Waals surface area contributed by atoms with Crippen LogP contribution in [0.25, 0.3) is 0 Å². The summed E-state index contributed by atoms with van der Waals surface area (Å²) in [4.78, 5) is 4.09. The Bertz CT molecular complexity index is 337. The van der Waals surface area contributed by atoms with E-state index >= 15 is 0 Å². The maximum Gasteiger partial charge on any atom is 0.218 e. The molecule has 88 valence electrons. The monoisotopic (exact) mass is 223 g/mol. The Kier molecular flexibility index (Phi) is 3.74. The van der Waals surface area contributed by atoms with Crippen LogP contribution in [0.15, 0.2) is 18.3 Å². The molecule has 4 heteroatoms. The van der Waals surface area contributed by atoms with E-state index in [0.29, 0.717) is 12.5 Å². The van der Waals surface area contributed by atoms with Gasteiger partial charge in [0.1, 0.15) is 0 Å². The van der Waals surface area contributed by atoms with Gasteiger partial charge in [-0.15, -0.1) is 0 Å². The Morgan fingerprint density at radius 3 is 3.19 bits per heavy atom. The molecule has 4 nitrogen and oxygen atoms in total.